The van der Waals surface area contributed by atoms with Crippen molar-refractivity contribution in [3.8, 4) is 17.0 Å². The highest BCUT2D eigenvalue weighted by atomic mass is 19.4. The van der Waals surface area contributed by atoms with Crippen LogP contribution in [0.15, 0.2) is 42.5 Å². The first-order chi connectivity index (χ1) is 13.2. The Morgan fingerprint density at radius 3 is 2.46 bits per heavy atom. The second-order valence-corrected chi connectivity index (χ2v) is 6.39. The molecule has 1 N–H and O–H groups in total. The molecule has 4 nitrogen and oxygen atoms in total. The van der Waals surface area contributed by atoms with Gasteiger partial charge >= 0.3 is 6.18 Å². The number of ether oxygens (including phenoxy) is 1. The van der Waals surface area contributed by atoms with Crippen LogP contribution in [0, 0.1) is 11.6 Å². The highest BCUT2D eigenvalue weighted by Crippen LogP contribution is 2.39. The molecule has 9 heteroatoms. The zero-order valence-corrected chi connectivity index (χ0v) is 14.5. The Labute approximate surface area is 156 Å². The molecule has 4 rings (SSSR count). The van der Waals surface area contributed by atoms with Crippen molar-refractivity contribution < 1.29 is 26.7 Å². The van der Waals surface area contributed by atoms with Gasteiger partial charge in [-0.1, -0.05) is 12.1 Å². The average molecular weight is 395 g/mol. The minimum absolute atomic E-state index is 0.0342. The van der Waals surface area contributed by atoms with Gasteiger partial charge in [0.15, 0.2) is 5.69 Å². The van der Waals surface area contributed by atoms with Crippen LogP contribution >= 0.6 is 0 Å². The highest BCUT2D eigenvalue weighted by Gasteiger charge is 2.35. The summed E-state index contributed by atoms with van der Waals surface area (Å²) in [5.41, 5.74) is 0.110. The van der Waals surface area contributed by atoms with E-state index in [4.69, 9.17) is 4.74 Å². The van der Waals surface area contributed by atoms with E-state index >= 15 is 0 Å². The molecule has 0 saturated carbocycles. The van der Waals surface area contributed by atoms with Gasteiger partial charge in [-0.3, -0.25) is 4.68 Å². The van der Waals surface area contributed by atoms with Crippen LogP contribution in [0.25, 0.3) is 11.3 Å². The summed E-state index contributed by atoms with van der Waals surface area (Å²) >= 11 is 0. The monoisotopic (exact) mass is 395 g/mol. The Hall–Kier alpha value is -3.10. The van der Waals surface area contributed by atoms with E-state index in [1.54, 1.807) is 18.2 Å². The molecule has 146 valence electrons. The minimum atomic E-state index is -4.54. The lowest BCUT2D eigenvalue weighted by molar-refractivity contribution is -0.141. The van der Waals surface area contributed by atoms with E-state index in [1.807, 2.05) is 0 Å². The number of rotatable bonds is 2. The lowest BCUT2D eigenvalue weighted by Gasteiger charge is -2.28. The fourth-order valence-corrected chi connectivity index (χ4v) is 3.20. The summed E-state index contributed by atoms with van der Waals surface area (Å²) in [6.45, 7) is -0.0342. The number of hydrogen-bond donors (Lipinski definition) is 1. The Morgan fingerprint density at radius 2 is 1.82 bits per heavy atom. The summed E-state index contributed by atoms with van der Waals surface area (Å²) in [5, 5.41) is 6.50. The molecule has 3 aromatic rings. The zero-order chi connectivity index (χ0) is 20.1. The Morgan fingerprint density at radius 1 is 1.11 bits per heavy atom. The fraction of sp³-hybridized carbons (Fsp3) is 0.211. The number of anilines is 1. The summed E-state index contributed by atoms with van der Waals surface area (Å²) in [4.78, 5) is 0. The van der Waals surface area contributed by atoms with Crippen LogP contribution < -0.4 is 10.1 Å². The molecule has 0 fully saturated rings. The third-order valence-electron chi connectivity index (χ3n) is 4.53. The first-order valence-electron chi connectivity index (χ1n) is 8.33. The van der Waals surface area contributed by atoms with Crippen LogP contribution in [0.1, 0.15) is 17.3 Å². The van der Waals surface area contributed by atoms with Gasteiger partial charge in [-0.25, -0.2) is 8.78 Å². The van der Waals surface area contributed by atoms with Gasteiger partial charge in [-0.05, 0) is 30.3 Å². The Balaban J connectivity index is 1.64. The molecule has 1 unspecified atom stereocenters. The molecule has 1 aliphatic rings. The number of fused-ring (bicyclic) bond motifs is 1. The lowest BCUT2D eigenvalue weighted by Crippen LogP contribution is -2.25. The average Bonchev–Trinajstić information content (AvgIpc) is 3.03. The molecule has 0 bridgehead atoms. The summed E-state index contributed by atoms with van der Waals surface area (Å²) in [7, 11) is 1.42. The lowest BCUT2D eigenvalue weighted by atomic mass is 10.0. The predicted molar refractivity (Wildman–Crippen MR) is 91.9 cm³/mol. The molecule has 0 aliphatic carbocycles. The molecular weight excluding hydrogens is 381 g/mol. The van der Waals surface area contributed by atoms with Gasteiger partial charge in [0.1, 0.15) is 24.0 Å². The number of aromatic nitrogens is 2. The Bertz CT molecular complexity index is 1020. The van der Waals surface area contributed by atoms with Crippen LogP contribution in [0.4, 0.5) is 27.6 Å². The van der Waals surface area contributed by atoms with Crippen LogP contribution in [0.5, 0.6) is 5.75 Å². The van der Waals surface area contributed by atoms with E-state index in [0.717, 1.165) is 10.7 Å². The molecule has 2 aromatic carbocycles. The minimum Gasteiger partial charge on any atom is -0.489 e. The highest BCUT2D eigenvalue weighted by molar-refractivity contribution is 5.70. The van der Waals surface area contributed by atoms with Crippen LogP contribution in [-0.4, -0.2) is 16.4 Å². The first-order valence-corrected chi connectivity index (χ1v) is 8.33. The number of alkyl halides is 3. The number of aryl methyl sites for hydroxylation is 1. The van der Waals surface area contributed by atoms with Crippen molar-refractivity contribution in [3.05, 3.63) is 65.4 Å². The van der Waals surface area contributed by atoms with E-state index in [1.165, 1.54) is 25.2 Å². The molecule has 28 heavy (non-hydrogen) atoms. The number of nitrogens with zero attached hydrogens (tertiary/aromatic N) is 2. The van der Waals surface area contributed by atoms with E-state index in [-0.39, 0.29) is 17.9 Å². The fourth-order valence-electron chi connectivity index (χ4n) is 3.20. The SMILES string of the molecule is Cn1nc(C(F)(F)F)cc1-c1ccc2c(c1)OCC(c1c(F)cccc1F)N2. The van der Waals surface area contributed by atoms with Crippen molar-refractivity contribution in [2.24, 2.45) is 7.05 Å². The summed E-state index contributed by atoms with van der Waals surface area (Å²) in [6.07, 6.45) is -4.54. The van der Waals surface area contributed by atoms with Crippen molar-refractivity contribution in [3.63, 3.8) is 0 Å². The molecule has 0 spiro atoms. The number of halogens is 5. The molecule has 1 aliphatic heterocycles. The second kappa shape index (κ2) is 6.50. The van der Waals surface area contributed by atoms with Gasteiger partial charge in [0.25, 0.3) is 0 Å². The van der Waals surface area contributed by atoms with Gasteiger partial charge in [0, 0.05) is 18.2 Å². The van der Waals surface area contributed by atoms with Crippen molar-refractivity contribution in [2.75, 3.05) is 11.9 Å². The van der Waals surface area contributed by atoms with E-state index in [0.29, 0.717) is 17.0 Å². The predicted octanol–water partition coefficient (Wildman–Crippen LogP) is 4.93. The summed E-state index contributed by atoms with van der Waals surface area (Å²) in [6, 6.07) is 8.58. The molecular formula is C19H14F5N3O. The molecule has 0 amide bonds. The van der Waals surface area contributed by atoms with Crippen LogP contribution in [-0.2, 0) is 13.2 Å². The third kappa shape index (κ3) is 3.17. The molecule has 2 heterocycles. The molecule has 1 atom stereocenters. The van der Waals surface area contributed by atoms with Crippen molar-refractivity contribution in [2.45, 2.75) is 12.2 Å². The van der Waals surface area contributed by atoms with Crippen molar-refractivity contribution >= 4 is 5.69 Å². The normalized spacial score (nSPS) is 16.3. The van der Waals surface area contributed by atoms with Gasteiger partial charge in [-0.15, -0.1) is 0 Å². The van der Waals surface area contributed by atoms with Gasteiger partial charge in [0.05, 0.1) is 17.4 Å². The zero-order valence-electron chi connectivity index (χ0n) is 14.5. The first kappa shape index (κ1) is 18.3. The maximum absolute atomic E-state index is 14.0. The van der Waals surface area contributed by atoms with Gasteiger partial charge < -0.3 is 10.1 Å². The van der Waals surface area contributed by atoms with Crippen molar-refractivity contribution in [1.82, 2.24) is 9.78 Å². The smallest absolute Gasteiger partial charge is 0.435 e. The van der Waals surface area contributed by atoms with Crippen molar-refractivity contribution in [1.29, 1.82) is 0 Å². The van der Waals surface area contributed by atoms with Gasteiger partial charge in [0.2, 0.25) is 0 Å². The summed E-state index contributed by atoms with van der Waals surface area (Å²) in [5.74, 6) is -0.994. The molecule has 1 aromatic heterocycles. The third-order valence-corrected chi connectivity index (χ3v) is 4.53. The summed E-state index contributed by atoms with van der Waals surface area (Å²) < 4.78 is 73.4. The maximum Gasteiger partial charge on any atom is 0.435 e. The van der Waals surface area contributed by atoms with E-state index in [2.05, 4.69) is 10.4 Å². The standard InChI is InChI=1S/C19H14F5N3O/c1-27-15(8-17(26-27)19(22,23)24)10-5-6-13-16(7-10)28-9-14(25-13)18-11(20)3-2-4-12(18)21/h2-8,14,25H,9H2,1H3. The second-order valence-electron chi connectivity index (χ2n) is 6.39. The van der Waals surface area contributed by atoms with E-state index < -0.39 is 29.5 Å². The maximum atomic E-state index is 14.0. The van der Waals surface area contributed by atoms with E-state index in [9.17, 15) is 22.0 Å². The molecule has 0 radical (unpaired) electrons. The topological polar surface area (TPSA) is 39.1 Å². The number of nitrogens with one attached hydrogen (secondary N) is 1. The van der Waals surface area contributed by atoms with Crippen LogP contribution in [0.3, 0.4) is 0 Å². The quantitative estimate of drug-likeness (QED) is 0.626. The molecule has 0 saturated heterocycles. The largest absolute Gasteiger partial charge is 0.489 e. The number of hydrogen-bond acceptors (Lipinski definition) is 3. The van der Waals surface area contributed by atoms with Gasteiger partial charge in [-0.2, -0.15) is 18.3 Å². The Kier molecular flexibility index (Phi) is 4.24. The number of benzene rings is 2. The van der Waals surface area contributed by atoms with Crippen LogP contribution in [0.2, 0.25) is 0 Å².